The van der Waals surface area contributed by atoms with Crippen molar-refractivity contribution < 1.29 is 4.21 Å². The zero-order chi connectivity index (χ0) is 18.1. The number of nitrogens with zero attached hydrogens (tertiary/aromatic N) is 2. The molecule has 0 aromatic heterocycles. The van der Waals surface area contributed by atoms with Crippen LogP contribution in [0.25, 0.3) is 0 Å². The average molecular weight is 364 g/mol. The first-order valence-corrected chi connectivity index (χ1v) is 10.9. The Morgan fingerprint density at radius 3 is 2.56 bits per heavy atom. The molecule has 1 N–H and O–H groups in total. The van der Waals surface area contributed by atoms with E-state index in [4.69, 9.17) is 0 Å². The number of benzene rings is 1. The van der Waals surface area contributed by atoms with Gasteiger partial charge in [-0.3, -0.25) is 9.20 Å². The molecule has 1 aromatic rings. The summed E-state index contributed by atoms with van der Waals surface area (Å²) in [6.07, 6.45) is 5.35. The summed E-state index contributed by atoms with van der Waals surface area (Å²) in [7, 11) is 3.08. The molecule has 0 aliphatic heterocycles. The largest absolute Gasteiger partial charge is 0.355 e. The molecule has 0 saturated heterocycles. The lowest BCUT2D eigenvalue weighted by Gasteiger charge is -2.31. The average Bonchev–Trinajstić information content (AvgIpc) is 2.61. The van der Waals surface area contributed by atoms with Gasteiger partial charge in [-0.1, -0.05) is 50.1 Å². The van der Waals surface area contributed by atoms with Crippen LogP contribution in [0.15, 0.2) is 35.3 Å². The number of guanidine groups is 1. The summed E-state index contributed by atoms with van der Waals surface area (Å²) in [5, 5.41) is 3.37. The van der Waals surface area contributed by atoms with Crippen molar-refractivity contribution in [3.8, 4) is 0 Å². The van der Waals surface area contributed by atoms with Crippen molar-refractivity contribution >= 4 is 16.8 Å². The Balaban J connectivity index is 1.69. The van der Waals surface area contributed by atoms with E-state index < -0.39 is 10.8 Å². The van der Waals surface area contributed by atoms with E-state index in [0.29, 0.717) is 18.1 Å². The van der Waals surface area contributed by atoms with Crippen molar-refractivity contribution in [1.82, 2.24) is 10.2 Å². The summed E-state index contributed by atoms with van der Waals surface area (Å²) in [5.74, 6) is 3.83. The van der Waals surface area contributed by atoms with Crippen LogP contribution in [-0.2, 0) is 16.6 Å². The minimum absolute atomic E-state index is 0.622. The summed E-state index contributed by atoms with van der Waals surface area (Å²) in [5.41, 5.74) is 1.13. The van der Waals surface area contributed by atoms with Gasteiger partial charge in [-0.2, -0.15) is 0 Å². The second-order valence-electron chi connectivity index (χ2n) is 7.25. The van der Waals surface area contributed by atoms with E-state index in [1.165, 1.54) is 25.7 Å². The molecule has 1 atom stereocenters. The maximum atomic E-state index is 12.2. The molecule has 1 aromatic carbocycles. The zero-order valence-corrected chi connectivity index (χ0v) is 16.7. The quantitative estimate of drug-likeness (QED) is 0.597. The van der Waals surface area contributed by atoms with Gasteiger partial charge in [0.1, 0.15) is 0 Å². The molecular formula is C20H33N3OS. The third-order valence-electron chi connectivity index (χ3n) is 5.02. The summed E-state index contributed by atoms with van der Waals surface area (Å²) in [6, 6.07) is 10.0. The highest BCUT2D eigenvalue weighted by Gasteiger charge is 2.20. The SMILES string of the molecule is CN=C(NCCS(=O)Cc1ccccc1)N(C)CC1CCC(C)CC1. The molecule has 2 rings (SSSR count). The van der Waals surface area contributed by atoms with Crippen LogP contribution in [0, 0.1) is 11.8 Å². The van der Waals surface area contributed by atoms with Crippen molar-refractivity contribution in [3.05, 3.63) is 35.9 Å². The number of nitrogens with one attached hydrogen (secondary N) is 1. The lowest BCUT2D eigenvalue weighted by molar-refractivity contribution is 0.250. The van der Waals surface area contributed by atoms with E-state index in [9.17, 15) is 4.21 Å². The first-order valence-electron chi connectivity index (χ1n) is 9.39. The van der Waals surface area contributed by atoms with Crippen molar-refractivity contribution in [1.29, 1.82) is 0 Å². The van der Waals surface area contributed by atoms with E-state index in [1.54, 1.807) is 0 Å². The second-order valence-corrected chi connectivity index (χ2v) is 8.83. The van der Waals surface area contributed by atoms with E-state index in [-0.39, 0.29) is 0 Å². The van der Waals surface area contributed by atoms with Gasteiger partial charge in [0.05, 0.1) is 0 Å². The summed E-state index contributed by atoms with van der Waals surface area (Å²) >= 11 is 0. The lowest BCUT2D eigenvalue weighted by Crippen LogP contribution is -2.43. The fourth-order valence-electron chi connectivity index (χ4n) is 3.48. The molecule has 4 nitrogen and oxygen atoms in total. The van der Waals surface area contributed by atoms with Gasteiger partial charge in [-0.25, -0.2) is 0 Å². The number of rotatable bonds is 7. The smallest absolute Gasteiger partial charge is 0.193 e. The van der Waals surface area contributed by atoms with E-state index in [0.717, 1.165) is 29.9 Å². The Morgan fingerprint density at radius 1 is 1.24 bits per heavy atom. The van der Waals surface area contributed by atoms with Gasteiger partial charge in [-0.05, 0) is 30.2 Å². The Morgan fingerprint density at radius 2 is 1.92 bits per heavy atom. The molecule has 5 heteroatoms. The predicted molar refractivity (Wildman–Crippen MR) is 108 cm³/mol. The molecule has 0 radical (unpaired) electrons. The van der Waals surface area contributed by atoms with Gasteiger partial charge in [0, 0.05) is 49.5 Å². The number of hydrogen-bond donors (Lipinski definition) is 1. The second kappa shape index (κ2) is 10.6. The van der Waals surface area contributed by atoms with Gasteiger partial charge in [-0.15, -0.1) is 0 Å². The van der Waals surface area contributed by atoms with Crippen LogP contribution in [0.5, 0.6) is 0 Å². The Bertz CT molecular complexity index is 553. The van der Waals surface area contributed by atoms with Crippen molar-refractivity contribution in [2.75, 3.05) is 32.9 Å². The Kier molecular flexibility index (Phi) is 8.45. The highest BCUT2D eigenvalue weighted by atomic mass is 32.2. The lowest BCUT2D eigenvalue weighted by atomic mass is 9.83. The van der Waals surface area contributed by atoms with Gasteiger partial charge >= 0.3 is 0 Å². The van der Waals surface area contributed by atoms with E-state index in [2.05, 4.69) is 29.2 Å². The molecule has 1 saturated carbocycles. The molecule has 0 heterocycles. The van der Waals surface area contributed by atoms with Crippen molar-refractivity contribution in [2.45, 2.75) is 38.4 Å². The van der Waals surface area contributed by atoms with E-state index in [1.807, 2.05) is 37.4 Å². The standard InChI is InChI=1S/C20H33N3OS/c1-17-9-11-18(12-10-17)15-23(3)20(21-2)22-13-14-25(24)16-19-7-5-4-6-8-19/h4-8,17-18H,9-16H2,1-3H3,(H,21,22). The molecule has 0 spiro atoms. The predicted octanol–water partition coefficient (Wildman–Crippen LogP) is 3.27. The zero-order valence-electron chi connectivity index (χ0n) is 15.9. The van der Waals surface area contributed by atoms with Crippen LogP contribution >= 0.6 is 0 Å². The van der Waals surface area contributed by atoms with Crippen molar-refractivity contribution in [2.24, 2.45) is 16.8 Å². The monoisotopic (exact) mass is 363 g/mol. The van der Waals surface area contributed by atoms with Crippen LogP contribution in [0.3, 0.4) is 0 Å². The maximum absolute atomic E-state index is 12.2. The summed E-state index contributed by atoms with van der Waals surface area (Å²) in [6.45, 7) is 4.10. The number of aliphatic imine (C=N–C) groups is 1. The molecular weight excluding hydrogens is 330 g/mol. The molecule has 1 fully saturated rings. The molecule has 1 unspecified atom stereocenters. The topological polar surface area (TPSA) is 44.7 Å². The first-order chi connectivity index (χ1) is 12.1. The molecule has 25 heavy (non-hydrogen) atoms. The third-order valence-corrected chi connectivity index (χ3v) is 6.34. The maximum Gasteiger partial charge on any atom is 0.193 e. The highest BCUT2D eigenvalue weighted by Crippen LogP contribution is 2.28. The number of hydrogen-bond acceptors (Lipinski definition) is 2. The molecule has 0 bridgehead atoms. The third kappa shape index (κ3) is 7.18. The van der Waals surface area contributed by atoms with Gasteiger partial charge < -0.3 is 10.2 Å². The van der Waals surface area contributed by atoms with Crippen LogP contribution < -0.4 is 5.32 Å². The van der Waals surface area contributed by atoms with Crippen LogP contribution in [0.2, 0.25) is 0 Å². The minimum Gasteiger partial charge on any atom is -0.355 e. The van der Waals surface area contributed by atoms with Crippen LogP contribution in [0.4, 0.5) is 0 Å². The van der Waals surface area contributed by atoms with Gasteiger partial charge in [0.2, 0.25) is 0 Å². The highest BCUT2D eigenvalue weighted by molar-refractivity contribution is 7.84. The molecule has 0 amide bonds. The fourth-order valence-corrected chi connectivity index (χ4v) is 4.52. The summed E-state index contributed by atoms with van der Waals surface area (Å²) in [4.78, 5) is 6.60. The Hall–Kier alpha value is -1.36. The summed E-state index contributed by atoms with van der Waals surface area (Å²) < 4.78 is 12.2. The van der Waals surface area contributed by atoms with Crippen molar-refractivity contribution in [3.63, 3.8) is 0 Å². The normalized spacial score (nSPS) is 22.4. The van der Waals surface area contributed by atoms with Gasteiger partial charge in [0.25, 0.3) is 0 Å². The minimum atomic E-state index is -0.849. The molecule has 1 aliphatic carbocycles. The Labute approximate surface area is 155 Å². The first kappa shape index (κ1) is 20.0. The molecule has 140 valence electrons. The fraction of sp³-hybridized carbons (Fsp3) is 0.650. The van der Waals surface area contributed by atoms with Crippen LogP contribution in [0.1, 0.15) is 38.2 Å². The van der Waals surface area contributed by atoms with Crippen LogP contribution in [-0.4, -0.2) is 48.0 Å². The van der Waals surface area contributed by atoms with Gasteiger partial charge in [0.15, 0.2) is 5.96 Å². The molecule has 1 aliphatic rings. The van der Waals surface area contributed by atoms with E-state index >= 15 is 0 Å².